The minimum Gasteiger partial charge on any atom is -0.444 e. The summed E-state index contributed by atoms with van der Waals surface area (Å²) in [5, 5.41) is 26.2. The van der Waals surface area contributed by atoms with E-state index in [-0.39, 0.29) is 37.6 Å². The molecule has 2 aromatic heterocycles. The molecule has 0 atom stereocenters. The number of allylic oxidation sites excluding steroid dienone is 2. The van der Waals surface area contributed by atoms with Gasteiger partial charge in [0.1, 0.15) is 18.3 Å². The summed E-state index contributed by atoms with van der Waals surface area (Å²) < 4.78 is 21.8. The zero-order valence-electron chi connectivity index (χ0n) is 34.3. The van der Waals surface area contributed by atoms with Gasteiger partial charge in [-0.05, 0) is 109 Å². The van der Waals surface area contributed by atoms with Crippen LogP contribution in [0.4, 0.5) is 4.79 Å². The third-order valence-corrected chi connectivity index (χ3v) is 10.6. The van der Waals surface area contributed by atoms with Crippen LogP contribution in [0.1, 0.15) is 86.1 Å². The van der Waals surface area contributed by atoms with Crippen LogP contribution in [0.15, 0.2) is 83.3 Å². The minimum atomic E-state index is -0.465. The quantitative estimate of drug-likeness (QED) is 0.169. The lowest BCUT2D eigenvalue weighted by Gasteiger charge is -2.32. The highest BCUT2D eigenvalue weighted by Gasteiger charge is 2.52. The monoisotopic (exact) mass is 845 g/mol. The van der Waals surface area contributed by atoms with Crippen molar-refractivity contribution in [3.63, 3.8) is 0 Å². The standard InChI is InChI=1S/C16H28BNO4.C16H19N3O.C10H10BrN3O/c1-14(2,3)20-13(19)18-10-8-12(9-11-18)17-21-15(4,5)16(6,7)22-17;20-11-10-19-12-17-16(18-19)15-8-6-14(7-9-15)13-4-2-1-3-5-13;11-9-3-1-8(2-4-9)10-12-7-14(13-10)5-6-15/h8H,9-11H2,1-7H3;4,6-9,12,20H,1-3,5,10-11H2;1-4,7,15H,5-6H2. The number of rotatable bonds is 8. The molecule has 306 valence electrons. The number of amides is 1. The van der Waals surface area contributed by atoms with Crippen LogP contribution in [0.25, 0.3) is 28.3 Å². The van der Waals surface area contributed by atoms with Crippen LogP contribution in [-0.4, -0.2) is 101 Å². The van der Waals surface area contributed by atoms with Crippen LogP contribution in [0.5, 0.6) is 0 Å². The molecule has 1 saturated heterocycles. The summed E-state index contributed by atoms with van der Waals surface area (Å²) in [6.45, 7) is 16.1. The first-order valence-corrected chi connectivity index (χ1v) is 20.5. The highest BCUT2D eigenvalue weighted by atomic mass is 79.9. The molecule has 0 bridgehead atoms. The molecule has 3 aliphatic rings. The molecule has 4 aromatic rings. The zero-order chi connectivity index (χ0) is 41.2. The first kappa shape index (κ1) is 44.0. The maximum absolute atomic E-state index is 12.1. The Hall–Kier alpha value is -4.15. The highest BCUT2D eigenvalue weighted by molar-refractivity contribution is 9.10. The molecule has 7 rings (SSSR count). The van der Waals surface area contributed by atoms with Crippen molar-refractivity contribution in [1.82, 2.24) is 34.4 Å². The van der Waals surface area contributed by atoms with Crippen LogP contribution in [0, 0.1) is 0 Å². The Morgan fingerprint density at radius 2 is 1.33 bits per heavy atom. The second-order valence-corrected chi connectivity index (χ2v) is 17.1. The number of carbonyl (C=O) groups is 1. The number of hydrogen-bond donors (Lipinski definition) is 2. The first-order chi connectivity index (χ1) is 27.1. The number of benzene rings is 2. The Balaban J connectivity index is 0.000000166. The van der Waals surface area contributed by atoms with E-state index in [4.69, 9.17) is 24.3 Å². The van der Waals surface area contributed by atoms with Crippen molar-refractivity contribution in [3.8, 4) is 22.8 Å². The van der Waals surface area contributed by atoms with Crippen LogP contribution in [0.2, 0.25) is 0 Å². The molecule has 15 heteroatoms. The van der Waals surface area contributed by atoms with Gasteiger partial charge in [-0.1, -0.05) is 64.5 Å². The highest BCUT2D eigenvalue weighted by Crippen LogP contribution is 2.39. The Labute approximate surface area is 345 Å². The van der Waals surface area contributed by atoms with Gasteiger partial charge >= 0.3 is 13.2 Å². The Bertz CT molecular complexity index is 1950. The van der Waals surface area contributed by atoms with Gasteiger partial charge in [-0.15, -0.1) is 0 Å². The molecule has 1 aliphatic carbocycles. The SMILES string of the molecule is CC(C)(C)OC(=O)N1CC=C(B2OC(C)(C)C(C)(C)O2)CC1.OCCn1cnc(-c2ccc(Br)cc2)n1.OCCn1cnc(-c2ccc(C3=CCCCC3)cc2)n1. The van der Waals surface area contributed by atoms with E-state index in [1.807, 2.05) is 78.8 Å². The van der Waals surface area contributed by atoms with E-state index in [1.165, 1.54) is 36.8 Å². The molecule has 4 heterocycles. The van der Waals surface area contributed by atoms with Crippen molar-refractivity contribution >= 4 is 34.7 Å². The Kier molecular flexibility index (Phi) is 15.1. The average molecular weight is 847 g/mol. The number of hydrogen-bond acceptors (Lipinski definition) is 10. The summed E-state index contributed by atoms with van der Waals surface area (Å²) >= 11 is 3.37. The van der Waals surface area contributed by atoms with Gasteiger partial charge in [0.2, 0.25) is 0 Å². The van der Waals surface area contributed by atoms with Gasteiger partial charge in [-0.3, -0.25) is 9.36 Å². The van der Waals surface area contributed by atoms with Gasteiger partial charge in [0.25, 0.3) is 0 Å². The molecular weight excluding hydrogens is 789 g/mol. The van der Waals surface area contributed by atoms with Crippen molar-refractivity contribution < 1.29 is 29.1 Å². The average Bonchev–Trinajstić information content (AvgIpc) is 3.90. The maximum Gasteiger partial charge on any atom is 0.490 e. The van der Waals surface area contributed by atoms with Crippen molar-refractivity contribution in [2.45, 2.75) is 110 Å². The fraction of sp³-hybridized carbons (Fsp3) is 0.500. The normalized spacial score (nSPS) is 17.4. The zero-order valence-corrected chi connectivity index (χ0v) is 35.9. The number of aromatic nitrogens is 6. The van der Waals surface area contributed by atoms with Crippen molar-refractivity contribution in [1.29, 1.82) is 0 Å². The molecule has 0 saturated carbocycles. The summed E-state index contributed by atoms with van der Waals surface area (Å²) in [4.78, 5) is 22.2. The summed E-state index contributed by atoms with van der Waals surface area (Å²) in [6, 6.07) is 16.2. The van der Waals surface area contributed by atoms with Gasteiger partial charge in [0.15, 0.2) is 11.6 Å². The lowest BCUT2D eigenvalue weighted by Crippen LogP contribution is -2.41. The first-order valence-electron chi connectivity index (χ1n) is 19.7. The van der Waals surface area contributed by atoms with E-state index < -0.39 is 5.60 Å². The molecule has 2 N–H and O–H groups in total. The second-order valence-electron chi connectivity index (χ2n) is 16.2. The summed E-state index contributed by atoms with van der Waals surface area (Å²) in [6.07, 6.45) is 13.1. The van der Waals surface area contributed by atoms with E-state index >= 15 is 0 Å². The number of nitrogens with zero attached hydrogens (tertiary/aromatic N) is 7. The summed E-state index contributed by atoms with van der Waals surface area (Å²) in [5.41, 5.74) is 4.73. The maximum atomic E-state index is 12.1. The molecule has 1 amide bonds. The molecule has 13 nitrogen and oxygen atoms in total. The predicted octanol–water partition coefficient (Wildman–Crippen LogP) is 7.78. The van der Waals surface area contributed by atoms with E-state index in [1.54, 1.807) is 26.9 Å². The molecule has 2 aromatic carbocycles. The smallest absolute Gasteiger partial charge is 0.444 e. The molecule has 0 spiro atoms. The molecule has 57 heavy (non-hydrogen) atoms. The molecular formula is C42H57BBrN7O6. The second kappa shape index (κ2) is 19.5. The van der Waals surface area contributed by atoms with Crippen LogP contribution in [0.3, 0.4) is 0 Å². The van der Waals surface area contributed by atoms with E-state index in [2.05, 4.69) is 66.4 Å². The van der Waals surface area contributed by atoms with Gasteiger partial charge in [-0.25, -0.2) is 14.8 Å². The van der Waals surface area contributed by atoms with Crippen LogP contribution in [-0.2, 0) is 27.1 Å². The van der Waals surface area contributed by atoms with Gasteiger partial charge in [-0.2, -0.15) is 10.2 Å². The number of carbonyl (C=O) groups excluding carboxylic acids is 1. The molecule has 0 radical (unpaired) electrons. The number of aliphatic hydroxyl groups is 2. The third kappa shape index (κ3) is 12.4. The molecule has 1 fully saturated rings. The van der Waals surface area contributed by atoms with Gasteiger partial charge < -0.3 is 29.2 Å². The van der Waals surface area contributed by atoms with E-state index in [0.29, 0.717) is 37.8 Å². The lowest BCUT2D eigenvalue weighted by atomic mass is 9.75. The van der Waals surface area contributed by atoms with E-state index in [0.717, 1.165) is 27.5 Å². The van der Waals surface area contributed by atoms with Crippen molar-refractivity contribution in [2.75, 3.05) is 26.3 Å². The number of halogens is 1. The topological polar surface area (TPSA) is 150 Å². The predicted molar refractivity (Wildman–Crippen MR) is 226 cm³/mol. The largest absolute Gasteiger partial charge is 0.490 e. The third-order valence-electron chi connectivity index (χ3n) is 10.1. The van der Waals surface area contributed by atoms with Gasteiger partial charge in [0, 0.05) is 28.7 Å². The minimum absolute atomic E-state index is 0.0726. The lowest BCUT2D eigenvalue weighted by molar-refractivity contribution is 0.00578. The van der Waals surface area contributed by atoms with Crippen LogP contribution >= 0.6 is 15.9 Å². The number of ether oxygens (including phenoxy) is 1. The number of aliphatic hydroxyl groups excluding tert-OH is 2. The summed E-state index contributed by atoms with van der Waals surface area (Å²) in [7, 11) is -0.314. The molecule has 0 unspecified atom stereocenters. The fourth-order valence-electron chi connectivity index (χ4n) is 6.19. The molecule has 2 aliphatic heterocycles. The van der Waals surface area contributed by atoms with Gasteiger partial charge in [0.05, 0.1) is 37.5 Å². The van der Waals surface area contributed by atoms with Crippen molar-refractivity contribution in [3.05, 3.63) is 88.8 Å². The Morgan fingerprint density at radius 3 is 1.79 bits per heavy atom. The van der Waals surface area contributed by atoms with Crippen molar-refractivity contribution in [2.24, 2.45) is 0 Å². The summed E-state index contributed by atoms with van der Waals surface area (Å²) in [5.74, 6) is 1.39. The Morgan fingerprint density at radius 1 is 0.807 bits per heavy atom. The van der Waals surface area contributed by atoms with E-state index in [9.17, 15) is 4.79 Å². The fourth-order valence-corrected chi connectivity index (χ4v) is 6.46. The van der Waals surface area contributed by atoms with Crippen LogP contribution < -0.4 is 0 Å².